The summed E-state index contributed by atoms with van der Waals surface area (Å²) in [5.74, 6) is -2.44. The van der Waals surface area contributed by atoms with Crippen LogP contribution in [0, 0.1) is 0 Å². The lowest BCUT2D eigenvalue weighted by molar-refractivity contribution is -0.209. The summed E-state index contributed by atoms with van der Waals surface area (Å²) >= 11 is 0. The first-order valence-corrected chi connectivity index (χ1v) is 12.9. The molecule has 14 heteroatoms. The maximum absolute atomic E-state index is 13.5. The molecule has 42 heavy (non-hydrogen) atoms. The molecule has 2 aromatic rings. The van der Waals surface area contributed by atoms with Crippen molar-refractivity contribution in [3.63, 3.8) is 0 Å². The van der Waals surface area contributed by atoms with Gasteiger partial charge in [-0.1, -0.05) is 30.3 Å². The Morgan fingerprint density at radius 3 is 2.12 bits per heavy atom. The fourth-order valence-corrected chi connectivity index (χ4v) is 4.70. The Bertz CT molecular complexity index is 1210. The van der Waals surface area contributed by atoms with Gasteiger partial charge in [0.1, 0.15) is 13.2 Å². The van der Waals surface area contributed by atoms with Gasteiger partial charge in [-0.05, 0) is 43.0 Å². The van der Waals surface area contributed by atoms with E-state index in [-0.39, 0.29) is 45.1 Å². The highest BCUT2D eigenvalue weighted by atomic mass is 19.4. The molecule has 1 saturated heterocycles. The largest absolute Gasteiger partial charge is 0.462 e. The zero-order chi connectivity index (χ0) is 31.1. The van der Waals surface area contributed by atoms with Gasteiger partial charge in [0.25, 0.3) is 5.91 Å². The van der Waals surface area contributed by atoms with Crippen LogP contribution in [0.25, 0.3) is 0 Å². The molecule has 0 saturated carbocycles. The zero-order valence-corrected chi connectivity index (χ0v) is 22.8. The number of hydrogen-bond acceptors (Lipinski definition) is 7. The molecule has 0 bridgehead atoms. The second-order valence-corrected chi connectivity index (χ2v) is 9.69. The van der Waals surface area contributed by atoms with Gasteiger partial charge in [0.15, 0.2) is 0 Å². The molecule has 2 unspecified atom stereocenters. The summed E-state index contributed by atoms with van der Waals surface area (Å²) in [4.78, 5) is 44.2. The summed E-state index contributed by atoms with van der Waals surface area (Å²) in [6.45, 7) is 0.696. The van der Waals surface area contributed by atoms with Crippen molar-refractivity contribution >= 4 is 17.8 Å². The van der Waals surface area contributed by atoms with E-state index in [1.54, 1.807) is 30.3 Å². The van der Waals surface area contributed by atoms with E-state index in [4.69, 9.17) is 14.3 Å². The van der Waals surface area contributed by atoms with Crippen molar-refractivity contribution in [1.29, 1.82) is 0 Å². The number of hydroxylamine groups is 2. The van der Waals surface area contributed by atoms with Crippen LogP contribution in [0.3, 0.4) is 0 Å². The van der Waals surface area contributed by atoms with Gasteiger partial charge in [0.2, 0.25) is 0 Å². The summed E-state index contributed by atoms with van der Waals surface area (Å²) < 4.78 is 90.7. The van der Waals surface area contributed by atoms with Crippen LogP contribution >= 0.6 is 0 Å². The molecule has 2 aromatic carbocycles. The van der Waals surface area contributed by atoms with Crippen molar-refractivity contribution in [2.24, 2.45) is 0 Å². The third-order valence-electron chi connectivity index (χ3n) is 6.59. The number of halogens is 6. The van der Waals surface area contributed by atoms with Crippen LogP contribution in [-0.2, 0) is 42.7 Å². The van der Waals surface area contributed by atoms with Gasteiger partial charge in [-0.3, -0.25) is 14.4 Å². The van der Waals surface area contributed by atoms with Gasteiger partial charge >= 0.3 is 24.3 Å². The van der Waals surface area contributed by atoms with Crippen molar-refractivity contribution < 1.29 is 55.0 Å². The molecule has 0 aromatic heterocycles. The highest BCUT2D eigenvalue weighted by Gasteiger charge is 2.40. The Kier molecular flexibility index (Phi) is 11.0. The minimum atomic E-state index is -5.12. The minimum Gasteiger partial charge on any atom is -0.462 e. The number of nitrogens with zero attached hydrogens (tertiary/aromatic N) is 2. The van der Waals surface area contributed by atoms with Crippen LogP contribution in [0.4, 0.5) is 26.3 Å². The number of ether oxygens (including phenoxy) is 2. The number of rotatable bonds is 10. The predicted molar refractivity (Wildman–Crippen MR) is 136 cm³/mol. The number of likely N-dealkylation sites (tertiary alicyclic amines) is 1. The zero-order valence-electron chi connectivity index (χ0n) is 22.8. The number of piperidine rings is 1. The molecule has 1 aliphatic rings. The van der Waals surface area contributed by atoms with Crippen LogP contribution in [0.15, 0.2) is 48.5 Å². The van der Waals surface area contributed by atoms with Gasteiger partial charge in [-0.15, -0.1) is 5.06 Å². The van der Waals surface area contributed by atoms with Crippen LogP contribution in [0.1, 0.15) is 46.8 Å². The van der Waals surface area contributed by atoms with Crippen LogP contribution in [0.5, 0.6) is 0 Å². The van der Waals surface area contributed by atoms with E-state index in [2.05, 4.69) is 0 Å². The van der Waals surface area contributed by atoms with Crippen molar-refractivity contribution in [2.75, 3.05) is 33.4 Å². The molecule has 3 rings (SSSR count). The SMILES string of the molecule is COCCOC(=O)CN(OC(C)=O)C1CCN(C(=O)c2cc(C(F)(F)F)cc(C(F)(F)F)c2)C(Cc2ccccc2)C1. The number of esters is 1. The number of alkyl halides is 6. The first-order valence-electron chi connectivity index (χ1n) is 12.9. The number of carbonyl (C=O) groups excluding carboxylic acids is 3. The summed E-state index contributed by atoms with van der Waals surface area (Å²) in [6.07, 6.45) is -9.85. The molecule has 230 valence electrons. The van der Waals surface area contributed by atoms with E-state index in [9.17, 15) is 40.7 Å². The second kappa shape index (κ2) is 14.0. The Morgan fingerprint density at radius 1 is 0.952 bits per heavy atom. The monoisotopic (exact) mass is 604 g/mol. The molecule has 0 radical (unpaired) electrons. The molecule has 1 aliphatic heterocycles. The fraction of sp³-hybridized carbons (Fsp3) is 0.464. The van der Waals surface area contributed by atoms with Gasteiger partial charge in [0, 0.05) is 32.2 Å². The third kappa shape index (κ3) is 9.18. The lowest BCUT2D eigenvalue weighted by Gasteiger charge is -2.42. The average Bonchev–Trinajstić information content (AvgIpc) is 2.91. The lowest BCUT2D eigenvalue weighted by atomic mass is 9.91. The molecule has 0 aliphatic carbocycles. The highest BCUT2D eigenvalue weighted by molar-refractivity contribution is 5.95. The second-order valence-electron chi connectivity index (χ2n) is 9.69. The minimum absolute atomic E-state index is 0.0346. The number of benzene rings is 2. The summed E-state index contributed by atoms with van der Waals surface area (Å²) in [7, 11) is 1.42. The first kappa shape index (κ1) is 32.9. The van der Waals surface area contributed by atoms with Gasteiger partial charge in [0.05, 0.1) is 23.8 Å². The van der Waals surface area contributed by atoms with Crippen molar-refractivity contribution in [1.82, 2.24) is 9.96 Å². The Labute approximate surface area is 238 Å². The van der Waals surface area contributed by atoms with Crippen molar-refractivity contribution in [3.05, 3.63) is 70.8 Å². The molecule has 1 heterocycles. The molecule has 1 amide bonds. The lowest BCUT2D eigenvalue weighted by Crippen LogP contribution is -2.54. The van der Waals surface area contributed by atoms with Gasteiger partial charge in [-0.2, -0.15) is 26.3 Å². The molecule has 0 N–H and O–H groups in total. The molecule has 2 atom stereocenters. The molecular formula is C28H30F6N2O6. The van der Waals surface area contributed by atoms with E-state index >= 15 is 0 Å². The van der Waals surface area contributed by atoms with Crippen LogP contribution in [-0.4, -0.2) is 73.3 Å². The Morgan fingerprint density at radius 2 is 1.57 bits per heavy atom. The fourth-order valence-electron chi connectivity index (χ4n) is 4.70. The van der Waals surface area contributed by atoms with Crippen molar-refractivity contribution in [3.8, 4) is 0 Å². The van der Waals surface area contributed by atoms with E-state index in [0.717, 1.165) is 17.6 Å². The topological polar surface area (TPSA) is 85.4 Å². The Hall–Kier alpha value is -3.65. The van der Waals surface area contributed by atoms with Crippen LogP contribution < -0.4 is 0 Å². The van der Waals surface area contributed by atoms with Gasteiger partial charge < -0.3 is 19.2 Å². The van der Waals surface area contributed by atoms with E-state index in [1.807, 2.05) is 0 Å². The third-order valence-corrected chi connectivity index (χ3v) is 6.59. The first-order chi connectivity index (χ1) is 19.7. The van der Waals surface area contributed by atoms with Crippen LogP contribution in [0.2, 0.25) is 0 Å². The van der Waals surface area contributed by atoms with E-state index in [0.29, 0.717) is 12.1 Å². The normalized spacial score (nSPS) is 17.7. The Balaban J connectivity index is 1.93. The molecule has 8 nitrogen and oxygen atoms in total. The summed E-state index contributed by atoms with van der Waals surface area (Å²) in [5.41, 5.74) is -3.20. The standard InChI is InChI=1S/C28H30F6N2O6/c1-18(37)42-36(17-25(38)41-11-10-40-2)23-8-9-35(24(16-23)12-19-6-4-3-5-7-19)26(39)20-13-21(27(29,30)31)15-22(14-20)28(32,33)34/h3-7,13-15,23-24H,8-12,16-17H2,1-2H3. The molecule has 0 spiro atoms. The number of amides is 1. The van der Waals surface area contributed by atoms with Crippen molar-refractivity contribution in [2.45, 2.75) is 50.6 Å². The molecule has 1 fully saturated rings. The van der Waals surface area contributed by atoms with Gasteiger partial charge in [-0.25, -0.2) is 0 Å². The quantitative estimate of drug-likeness (QED) is 0.165. The summed E-state index contributed by atoms with van der Waals surface area (Å²) in [6, 6.07) is 8.19. The maximum atomic E-state index is 13.5. The number of carbonyl (C=O) groups is 3. The number of methoxy groups -OCH3 is 1. The molecular weight excluding hydrogens is 574 g/mol. The van der Waals surface area contributed by atoms with E-state index in [1.165, 1.54) is 12.0 Å². The predicted octanol–water partition coefficient (Wildman–Crippen LogP) is 4.91. The maximum Gasteiger partial charge on any atom is 0.416 e. The highest BCUT2D eigenvalue weighted by Crippen LogP contribution is 2.37. The number of hydrogen-bond donors (Lipinski definition) is 0. The van der Waals surface area contributed by atoms with E-state index < -0.39 is 65.5 Å². The summed E-state index contributed by atoms with van der Waals surface area (Å²) in [5, 5.41) is 1.13. The average molecular weight is 605 g/mol. The smallest absolute Gasteiger partial charge is 0.416 e.